The third kappa shape index (κ3) is 1.86. The zero-order valence-corrected chi connectivity index (χ0v) is 10.4. The third-order valence-electron chi connectivity index (χ3n) is 3.05. The molecule has 0 spiro atoms. The first-order chi connectivity index (χ1) is 9.13. The molecule has 1 fully saturated rings. The van der Waals surface area contributed by atoms with Crippen molar-refractivity contribution in [3.05, 3.63) is 22.2 Å². The number of aromatic nitrogens is 3. The van der Waals surface area contributed by atoms with Gasteiger partial charge >= 0.3 is 4.87 Å². The summed E-state index contributed by atoms with van der Waals surface area (Å²) in [6.07, 6.45) is -1.77. The van der Waals surface area contributed by atoms with Crippen molar-refractivity contribution >= 4 is 21.7 Å². The quantitative estimate of drug-likeness (QED) is 0.612. The van der Waals surface area contributed by atoms with Crippen LogP contribution in [-0.2, 0) is 4.74 Å². The van der Waals surface area contributed by atoms with E-state index in [0.717, 1.165) is 11.3 Å². The van der Waals surface area contributed by atoms with Crippen LogP contribution in [0.3, 0.4) is 0 Å². The summed E-state index contributed by atoms with van der Waals surface area (Å²) in [6, 6.07) is 0. The summed E-state index contributed by atoms with van der Waals surface area (Å²) in [7, 11) is 0. The Bertz CT molecular complexity index is 656. The van der Waals surface area contributed by atoms with Gasteiger partial charge < -0.3 is 20.1 Å². The molecule has 0 saturated carbocycles. The highest BCUT2D eigenvalue weighted by atomic mass is 32.1. The first-order valence-electron chi connectivity index (χ1n) is 5.57. The third-order valence-corrected chi connectivity index (χ3v) is 3.93. The molecular weight excluding hydrogens is 274 g/mol. The molecule has 2 aromatic heterocycles. The molecule has 3 heterocycles. The number of hydrogen-bond acceptors (Lipinski definition) is 8. The van der Waals surface area contributed by atoms with Crippen molar-refractivity contribution in [3.63, 3.8) is 0 Å². The lowest BCUT2D eigenvalue weighted by Crippen LogP contribution is -2.34. The van der Waals surface area contributed by atoms with Crippen molar-refractivity contribution in [1.82, 2.24) is 14.5 Å². The van der Waals surface area contributed by atoms with Crippen molar-refractivity contribution < 1.29 is 20.1 Å². The van der Waals surface area contributed by atoms with Crippen molar-refractivity contribution in [3.8, 4) is 0 Å². The minimum absolute atomic E-state index is 0.333. The van der Waals surface area contributed by atoms with E-state index in [1.165, 1.54) is 17.1 Å². The van der Waals surface area contributed by atoms with E-state index >= 15 is 0 Å². The number of thiazole rings is 1. The number of aliphatic hydroxyl groups is 3. The molecule has 3 N–H and O–H groups in total. The van der Waals surface area contributed by atoms with Gasteiger partial charge in [-0.3, -0.25) is 9.36 Å². The fourth-order valence-electron chi connectivity index (χ4n) is 2.11. The number of aliphatic hydroxyl groups excluding tert-OH is 3. The predicted octanol–water partition coefficient (Wildman–Crippen LogP) is -1.54. The van der Waals surface area contributed by atoms with Crippen LogP contribution in [0.25, 0.3) is 10.3 Å². The molecular formula is C10H11N3O5S. The van der Waals surface area contributed by atoms with Gasteiger partial charge in [-0.15, -0.1) is 0 Å². The lowest BCUT2D eigenvalue weighted by atomic mass is 10.1. The van der Waals surface area contributed by atoms with E-state index in [1.54, 1.807) is 0 Å². The molecule has 2 aromatic rings. The molecule has 1 aliphatic rings. The topological polar surface area (TPSA) is 118 Å². The van der Waals surface area contributed by atoms with Crippen LogP contribution in [0.2, 0.25) is 0 Å². The number of rotatable bonds is 2. The second-order valence-corrected chi connectivity index (χ2v) is 5.17. The molecule has 9 heteroatoms. The summed E-state index contributed by atoms with van der Waals surface area (Å²) in [5.74, 6) is 0. The maximum absolute atomic E-state index is 12.0. The van der Waals surface area contributed by atoms with Gasteiger partial charge in [-0.1, -0.05) is 11.3 Å². The molecule has 19 heavy (non-hydrogen) atoms. The van der Waals surface area contributed by atoms with E-state index in [2.05, 4.69) is 9.97 Å². The molecule has 1 saturated heterocycles. The van der Waals surface area contributed by atoms with E-state index in [-0.39, 0.29) is 4.87 Å². The average Bonchev–Trinajstić information content (AvgIpc) is 2.88. The highest BCUT2D eigenvalue weighted by Gasteiger charge is 2.44. The first kappa shape index (κ1) is 12.6. The molecule has 0 aromatic carbocycles. The van der Waals surface area contributed by atoms with Gasteiger partial charge in [-0.25, -0.2) is 9.97 Å². The van der Waals surface area contributed by atoms with Gasteiger partial charge in [-0.05, 0) is 0 Å². The van der Waals surface area contributed by atoms with Gasteiger partial charge in [0.15, 0.2) is 11.9 Å². The summed E-state index contributed by atoms with van der Waals surface area (Å²) in [5, 5.41) is 28.7. The second kappa shape index (κ2) is 4.62. The summed E-state index contributed by atoms with van der Waals surface area (Å²) >= 11 is 0.925. The van der Waals surface area contributed by atoms with Crippen LogP contribution < -0.4 is 4.87 Å². The van der Waals surface area contributed by atoms with Crippen LogP contribution in [0.4, 0.5) is 0 Å². The summed E-state index contributed by atoms with van der Waals surface area (Å²) in [4.78, 5) is 19.4. The molecule has 102 valence electrons. The van der Waals surface area contributed by atoms with Crippen LogP contribution >= 0.6 is 11.3 Å². The Balaban J connectivity index is 2.10. The molecule has 0 amide bonds. The average molecular weight is 285 g/mol. The molecule has 1 aliphatic heterocycles. The molecule has 3 rings (SSSR count). The minimum atomic E-state index is -1.30. The number of fused-ring (bicyclic) bond motifs is 1. The van der Waals surface area contributed by atoms with Crippen molar-refractivity contribution in [2.24, 2.45) is 0 Å². The molecule has 0 radical (unpaired) electrons. The SMILES string of the molecule is O=c1sc2cncnc2n1[C@@H]1O[C@H](CO)[C@@H](O)[C@H]1O. The Morgan fingerprint density at radius 1 is 1.42 bits per heavy atom. The zero-order valence-electron chi connectivity index (χ0n) is 9.58. The van der Waals surface area contributed by atoms with Crippen molar-refractivity contribution in [2.45, 2.75) is 24.5 Å². The number of ether oxygens (including phenoxy) is 1. The largest absolute Gasteiger partial charge is 0.394 e. The lowest BCUT2D eigenvalue weighted by molar-refractivity contribution is -0.0518. The van der Waals surface area contributed by atoms with Crippen LogP contribution in [0.5, 0.6) is 0 Å². The highest BCUT2D eigenvalue weighted by molar-refractivity contribution is 7.16. The normalized spacial score (nSPS) is 31.1. The van der Waals surface area contributed by atoms with Gasteiger partial charge in [0.2, 0.25) is 0 Å². The van der Waals surface area contributed by atoms with Gasteiger partial charge in [-0.2, -0.15) is 0 Å². The van der Waals surface area contributed by atoms with Gasteiger partial charge in [0.05, 0.1) is 11.3 Å². The van der Waals surface area contributed by atoms with Crippen molar-refractivity contribution in [1.29, 1.82) is 0 Å². The van der Waals surface area contributed by atoms with E-state index in [9.17, 15) is 15.0 Å². The van der Waals surface area contributed by atoms with Gasteiger partial charge in [0.25, 0.3) is 0 Å². The van der Waals surface area contributed by atoms with Crippen molar-refractivity contribution in [2.75, 3.05) is 6.61 Å². The summed E-state index contributed by atoms with van der Waals surface area (Å²) in [6.45, 7) is -0.444. The molecule has 4 atom stereocenters. The fourth-order valence-corrected chi connectivity index (χ4v) is 2.94. The Kier molecular flexibility index (Phi) is 3.07. The molecule has 0 bridgehead atoms. The fraction of sp³-hybridized carbons (Fsp3) is 0.500. The maximum atomic E-state index is 12.0. The van der Waals surface area contributed by atoms with Gasteiger partial charge in [0, 0.05) is 6.20 Å². The van der Waals surface area contributed by atoms with E-state index in [4.69, 9.17) is 9.84 Å². The summed E-state index contributed by atoms with van der Waals surface area (Å²) in [5.41, 5.74) is 0.333. The first-order valence-corrected chi connectivity index (χ1v) is 6.38. The van der Waals surface area contributed by atoms with E-state index in [0.29, 0.717) is 10.3 Å². The molecule has 0 unspecified atom stereocenters. The number of hydrogen-bond donors (Lipinski definition) is 3. The predicted molar refractivity (Wildman–Crippen MR) is 64.7 cm³/mol. The lowest BCUT2D eigenvalue weighted by Gasteiger charge is -2.15. The Morgan fingerprint density at radius 2 is 2.21 bits per heavy atom. The van der Waals surface area contributed by atoms with Crippen LogP contribution in [-0.4, -0.2) is 54.8 Å². The van der Waals surface area contributed by atoms with Crippen LogP contribution in [0.15, 0.2) is 17.3 Å². The molecule has 0 aliphatic carbocycles. The minimum Gasteiger partial charge on any atom is -0.394 e. The maximum Gasteiger partial charge on any atom is 0.311 e. The van der Waals surface area contributed by atoms with E-state index in [1.807, 2.05) is 0 Å². The monoisotopic (exact) mass is 285 g/mol. The number of nitrogens with zero attached hydrogens (tertiary/aromatic N) is 3. The van der Waals surface area contributed by atoms with Crippen LogP contribution in [0, 0.1) is 0 Å². The highest BCUT2D eigenvalue weighted by Crippen LogP contribution is 2.30. The standard InChI is InChI=1S/C10H11N3O5S/c14-2-4-6(15)7(16)9(18-4)13-8-5(19-10(13)17)1-11-3-12-8/h1,3-4,6-7,9,14-16H,2H2/t4-,6-,7-,9-/m1/s1. The van der Waals surface area contributed by atoms with E-state index < -0.39 is 31.1 Å². The Morgan fingerprint density at radius 3 is 2.89 bits per heavy atom. The summed E-state index contributed by atoms with van der Waals surface area (Å²) < 4.78 is 7.06. The Hall–Kier alpha value is -1.39. The Labute approximate surface area is 110 Å². The molecule has 8 nitrogen and oxygen atoms in total. The second-order valence-electron chi connectivity index (χ2n) is 4.18. The smallest absolute Gasteiger partial charge is 0.311 e. The van der Waals surface area contributed by atoms with Gasteiger partial charge in [0.1, 0.15) is 24.6 Å². The van der Waals surface area contributed by atoms with Crippen LogP contribution in [0.1, 0.15) is 6.23 Å². The zero-order chi connectivity index (χ0) is 13.6.